The number of rotatable bonds is 2. The monoisotopic (exact) mass is 250 g/mol. The molecular formula is C13H11ClO3. The number of allylic oxidation sites excluding steroid dienone is 2. The quantitative estimate of drug-likeness (QED) is 0.811. The fourth-order valence-corrected chi connectivity index (χ4v) is 2.02. The van der Waals surface area contributed by atoms with Gasteiger partial charge in [0.15, 0.2) is 5.78 Å². The van der Waals surface area contributed by atoms with Crippen LogP contribution in [0.5, 0.6) is 5.75 Å². The highest BCUT2D eigenvalue weighted by Gasteiger charge is 2.28. The topological polar surface area (TPSA) is 43.4 Å². The highest BCUT2D eigenvalue weighted by Crippen LogP contribution is 2.32. The number of ether oxygens (including phenoxy) is 1. The summed E-state index contributed by atoms with van der Waals surface area (Å²) < 4.78 is 5.39. The molecule has 0 aromatic heterocycles. The first-order valence-electron chi connectivity index (χ1n) is 5.28. The summed E-state index contributed by atoms with van der Waals surface area (Å²) in [4.78, 5) is 23.7. The Labute approximate surface area is 104 Å². The van der Waals surface area contributed by atoms with Crippen molar-refractivity contribution in [2.75, 3.05) is 6.61 Å². The van der Waals surface area contributed by atoms with Gasteiger partial charge in [-0.15, -0.1) is 0 Å². The zero-order chi connectivity index (χ0) is 12.6. The summed E-state index contributed by atoms with van der Waals surface area (Å²) in [6, 6.07) is 3.42. The van der Waals surface area contributed by atoms with Gasteiger partial charge in [-0.05, 0) is 31.5 Å². The number of ketones is 2. The van der Waals surface area contributed by atoms with Crippen LogP contribution in [0.1, 0.15) is 33.2 Å². The molecule has 0 N–H and O–H groups in total. The van der Waals surface area contributed by atoms with E-state index in [4.69, 9.17) is 16.3 Å². The van der Waals surface area contributed by atoms with E-state index in [0.29, 0.717) is 17.9 Å². The van der Waals surface area contributed by atoms with Crippen LogP contribution in [0.25, 0.3) is 0 Å². The summed E-state index contributed by atoms with van der Waals surface area (Å²) in [5.74, 6) is -0.189. The molecule has 0 amide bonds. The third-order valence-corrected chi connectivity index (χ3v) is 2.79. The van der Waals surface area contributed by atoms with Crippen molar-refractivity contribution in [1.29, 1.82) is 0 Å². The molecule has 0 atom stereocenters. The Morgan fingerprint density at radius 1 is 1.29 bits per heavy atom. The molecule has 1 aliphatic rings. The molecule has 17 heavy (non-hydrogen) atoms. The number of Topliss-reactive ketones (excluding diaryl/α,β-unsaturated/α-hetero) is 1. The molecule has 0 bridgehead atoms. The van der Waals surface area contributed by atoms with Crippen molar-refractivity contribution in [2.45, 2.75) is 13.8 Å². The Morgan fingerprint density at radius 3 is 2.65 bits per heavy atom. The highest BCUT2D eigenvalue weighted by atomic mass is 35.5. The zero-order valence-electron chi connectivity index (χ0n) is 9.54. The third-order valence-electron chi connectivity index (χ3n) is 2.51. The predicted octanol–water partition coefficient (Wildman–Crippen LogP) is 2.90. The van der Waals surface area contributed by atoms with Gasteiger partial charge < -0.3 is 4.74 Å². The van der Waals surface area contributed by atoms with E-state index in [1.165, 1.54) is 0 Å². The van der Waals surface area contributed by atoms with E-state index in [1.54, 1.807) is 12.1 Å². The maximum absolute atomic E-state index is 11.9. The lowest BCUT2D eigenvalue weighted by Crippen LogP contribution is -2.16. The minimum absolute atomic E-state index is 0.0627. The Bertz CT molecular complexity index is 544. The molecule has 0 saturated carbocycles. The van der Waals surface area contributed by atoms with Crippen LogP contribution in [0.15, 0.2) is 23.2 Å². The fraction of sp³-hybridized carbons (Fsp3) is 0.231. The Kier molecular flexibility index (Phi) is 3.03. The zero-order valence-corrected chi connectivity index (χ0v) is 10.3. The predicted molar refractivity (Wildman–Crippen MR) is 64.9 cm³/mol. The van der Waals surface area contributed by atoms with Crippen molar-refractivity contribution in [1.82, 2.24) is 0 Å². The molecule has 0 radical (unpaired) electrons. The first-order chi connectivity index (χ1) is 8.04. The number of carbonyl (C=O) groups is 2. The van der Waals surface area contributed by atoms with Gasteiger partial charge >= 0.3 is 0 Å². The molecule has 1 aromatic carbocycles. The Hall–Kier alpha value is -1.61. The van der Waals surface area contributed by atoms with Gasteiger partial charge in [-0.1, -0.05) is 11.6 Å². The Morgan fingerprint density at radius 2 is 2.00 bits per heavy atom. The largest absolute Gasteiger partial charge is 0.493 e. The average Bonchev–Trinajstić information content (AvgIpc) is 2.26. The van der Waals surface area contributed by atoms with Gasteiger partial charge in [0.1, 0.15) is 5.75 Å². The van der Waals surface area contributed by atoms with Crippen molar-refractivity contribution < 1.29 is 14.3 Å². The van der Waals surface area contributed by atoms with Crippen LogP contribution in [0.4, 0.5) is 0 Å². The summed E-state index contributed by atoms with van der Waals surface area (Å²) in [5, 5.41) is -0.0627. The maximum Gasteiger partial charge on any atom is 0.208 e. The van der Waals surface area contributed by atoms with E-state index in [-0.39, 0.29) is 22.2 Å². The average molecular weight is 251 g/mol. The number of carbonyl (C=O) groups excluding carboxylic acids is 2. The molecule has 88 valence electrons. The van der Waals surface area contributed by atoms with E-state index >= 15 is 0 Å². The van der Waals surface area contributed by atoms with Crippen LogP contribution in [-0.2, 0) is 0 Å². The molecule has 0 spiro atoms. The van der Waals surface area contributed by atoms with Gasteiger partial charge in [-0.3, -0.25) is 9.59 Å². The second-order valence-corrected chi connectivity index (χ2v) is 4.21. The van der Waals surface area contributed by atoms with E-state index in [9.17, 15) is 9.59 Å². The maximum atomic E-state index is 11.9. The lowest BCUT2D eigenvalue weighted by Gasteiger charge is -2.16. The van der Waals surface area contributed by atoms with Gasteiger partial charge in [0, 0.05) is 11.6 Å². The van der Waals surface area contributed by atoms with E-state index < -0.39 is 0 Å². The third kappa shape index (κ3) is 1.98. The molecule has 2 rings (SSSR count). The standard InChI is InChI=1S/C13H11ClO3/c1-3-17-11-5-7(2)4-8-10(15)6-9(14)13(16)12(8)11/h4-6H,3H2,1-2H3. The van der Waals surface area contributed by atoms with E-state index in [0.717, 1.165) is 11.6 Å². The second-order valence-electron chi connectivity index (χ2n) is 3.80. The van der Waals surface area contributed by atoms with E-state index in [1.807, 2.05) is 13.8 Å². The van der Waals surface area contributed by atoms with Crippen LogP contribution in [-0.4, -0.2) is 18.2 Å². The van der Waals surface area contributed by atoms with Crippen molar-refractivity contribution in [2.24, 2.45) is 0 Å². The summed E-state index contributed by atoms with van der Waals surface area (Å²) >= 11 is 5.74. The molecule has 0 saturated heterocycles. The van der Waals surface area contributed by atoms with Crippen molar-refractivity contribution in [3.05, 3.63) is 39.9 Å². The molecule has 0 unspecified atom stereocenters. The summed E-state index contributed by atoms with van der Waals surface area (Å²) in [6.45, 7) is 4.10. The normalized spacial score (nSPS) is 14.4. The molecule has 4 heteroatoms. The minimum atomic E-state index is -0.357. The van der Waals surface area contributed by atoms with E-state index in [2.05, 4.69) is 0 Å². The van der Waals surface area contributed by atoms with Crippen LogP contribution >= 0.6 is 11.6 Å². The fourth-order valence-electron chi connectivity index (χ4n) is 1.83. The van der Waals surface area contributed by atoms with Gasteiger partial charge in [-0.25, -0.2) is 0 Å². The van der Waals surface area contributed by atoms with Crippen LogP contribution in [0, 0.1) is 6.92 Å². The van der Waals surface area contributed by atoms with Crippen LogP contribution < -0.4 is 4.74 Å². The first-order valence-corrected chi connectivity index (χ1v) is 5.66. The number of hydrogen-bond acceptors (Lipinski definition) is 3. The van der Waals surface area contributed by atoms with Crippen molar-refractivity contribution in [3.63, 3.8) is 0 Å². The number of halogens is 1. The molecule has 1 aliphatic carbocycles. The number of fused-ring (bicyclic) bond motifs is 1. The van der Waals surface area contributed by atoms with Gasteiger partial charge in [0.25, 0.3) is 0 Å². The van der Waals surface area contributed by atoms with Crippen molar-refractivity contribution in [3.8, 4) is 5.75 Å². The summed E-state index contributed by atoms with van der Waals surface area (Å²) in [6.07, 6.45) is 1.15. The summed E-state index contributed by atoms with van der Waals surface area (Å²) in [5.41, 5.74) is 1.51. The smallest absolute Gasteiger partial charge is 0.208 e. The molecule has 3 nitrogen and oxygen atoms in total. The SMILES string of the molecule is CCOc1cc(C)cc2c1C(=O)C(Cl)=CC2=O. The van der Waals surface area contributed by atoms with Gasteiger partial charge in [0.2, 0.25) is 5.78 Å². The molecular weight excluding hydrogens is 240 g/mol. The summed E-state index contributed by atoms with van der Waals surface area (Å²) in [7, 11) is 0. The number of aryl methyl sites for hydroxylation is 1. The lowest BCUT2D eigenvalue weighted by atomic mass is 9.92. The van der Waals surface area contributed by atoms with Gasteiger partial charge in [0.05, 0.1) is 17.2 Å². The molecule has 0 aliphatic heterocycles. The molecule has 1 aromatic rings. The number of benzene rings is 1. The molecule has 0 fully saturated rings. The Balaban J connectivity index is 2.69. The molecule has 0 heterocycles. The van der Waals surface area contributed by atoms with Gasteiger partial charge in [-0.2, -0.15) is 0 Å². The highest BCUT2D eigenvalue weighted by molar-refractivity contribution is 6.49. The minimum Gasteiger partial charge on any atom is -0.493 e. The first kappa shape index (κ1) is 11.9. The van der Waals surface area contributed by atoms with Crippen molar-refractivity contribution >= 4 is 23.2 Å². The number of hydrogen-bond donors (Lipinski definition) is 0. The second kappa shape index (κ2) is 4.34. The lowest BCUT2D eigenvalue weighted by molar-refractivity contribution is 0.0987. The van der Waals surface area contributed by atoms with Crippen LogP contribution in [0.3, 0.4) is 0 Å². The van der Waals surface area contributed by atoms with Crippen LogP contribution in [0.2, 0.25) is 0 Å².